The molecule has 2 aromatic carbocycles. The first-order chi connectivity index (χ1) is 9.74. The number of benzene rings is 2. The van der Waals surface area contributed by atoms with Gasteiger partial charge in [-0.2, -0.15) is 0 Å². The molecular weight excluding hydrogens is 252 g/mol. The Bertz CT molecular complexity index is 537. The van der Waals surface area contributed by atoms with Crippen LogP contribution in [0.5, 0.6) is 11.5 Å². The Balaban J connectivity index is 2.06. The molecule has 0 spiro atoms. The molecule has 0 fully saturated rings. The van der Waals surface area contributed by atoms with Crippen molar-refractivity contribution < 1.29 is 14.6 Å². The molecule has 1 atom stereocenters. The topological polar surface area (TPSA) is 38.7 Å². The monoisotopic (exact) mass is 272 g/mol. The van der Waals surface area contributed by atoms with Crippen LogP contribution in [-0.2, 0) is 6.42 Å². The quantitative estimate of drug-likeness (QED) is 0.876. The van der Waals surface area contributed by atoms with E-state index in [4.69, 9.17) is 9.47 Å². The molecule has 0 radical (unpaired) electrons. The summed E-state index contributed by atoms with van der Waals surface area (Å²) >= 11 is 0. The fourth-order valence-corrected chi connectivity index (χ4v) is 2.21. The maximum absolute atomic E-state index is 10.2. The largest absolute Gasteiger partial charge is 0.497 e. The fourth-order valence-electron chi connectivity index (χ4n) is 2.21. The van der Waals surface area contributed by atoms with Crippen LogP contribution in [0.4, 0.5) is 0 Å². The van der Waals surface area contributed by atoms with Gasteiger partial charge in [0.25, 0.3) is 0 Å². The Kier molecular flexibility index (Phi) is 5.02. The molecule has 0 bridgehead atoms. The van der Waals surface area contributed by atoms with Crippen LogP contribution >= 0.6 is 0 Å². The zero-order chi connectivity index (χ0) is 14.4. The van der Waals surface area contributed by atoms with Gasteiger partial charge in [0, 0.05) is 0 Å². The van der Waals surface area contributed by atoms with Gasteiger partial charge >= 0.3 is 0 Å². The van der Waals surface area contributed by atoms with E-state index in [1.165, 1.54) is 0 Å². The predicted octanol–water partition coefficient (Wildman–Crippen LogP) is 3.37. The summed E-state index contributed by atoms with van der Waals surface area (Å²) < 4.78 is 10.6. The molecule has 0 aliphatic carbocycles. The van der Waals surface area contributed by atoms with Crippen LogP contribution < -0.4 is 9.47 Å². The smallest absolute Gasteiger partial charge is 0.122 e. The number of aliphatic hydroxyl groups is 1. The molecule has 3 nitrogen and oxygen atoms in total. The number of hydrogen-bond acceptors (Lipinski definition) is 3. The summed E-state index contributed by atoms with van der Waals surface area (Å²) in [5, 5.41) is 10.2. The van der Waals surface area contributed by atoms with Crippen LogP contribution in [0.1, 0.15) is 23.7 Å². The van der Waals surface area contributed by atoms with E-state index in [9.17, 15) is 5.11 Å². The maximum Gasteiger partial charge on any atom is 0.122 e. The maximum atomic E-state index is 10.2. The van der Waals surface area contributed by atoms with Gasteiger partial charge < -0.3 is 14.6 Å². The number of ether oxygens (including phenoxy) is 2. The van der Waals surface area contributed by atoms with E-state index in [-0.39, 0.29) is 0 Å². The van der Waals surface area contributed by atoms with Crippen LogP contribution in [0.3, 0.4) is 0 Å². The van der Waals surface area contributed by atoms with E-state index < -0.39 is 6.10 Å². The zero-order valence-corrected chi connectivity index (χ0v) is 11.9. The minimum atomic E-state index is -0.466. The van der Waals surface area contributed by atoms with Crippen molar-refractivity contribution in [2.24, 2.45) is 0 Å². The lowest BCUT2D eigenvalue weighted by atomic mass is 10.0. The van der Waals surface area contributed by atoms with Crippen molar-refractivity contribution in [2.45, 2.75) is 18.9 Å². The molecule has 0 saturated carbocycles. The van der Waals surface area contributed by atoms with E-state index in [2.05, 4.69) is 0 Å². The fraction of sp³-hybridized carbons (Fsp3) is 0.294. The van der Waals surface area contributed by atoms with Gasteiger partial charge in [-0.05, 0) is 42.2 Å². The van der Waals surface area contributed by atoms with E-state index in [0.29, 0.717) is 6.42 Å². The van der Waals surface area contributed by atoms with Crippen molar-refractivity contribution in [3.8, 4) is 11.5 Å². The minimum Gasteiger partial charge on any atom is -0.497 e. The summed E-state index contributed by atoms with van der Waals surface area (Å²) in [4.78, 5) is 0. The second-order valence-corrected chi connectivity index (χ2v) is 4.64. The molecular formula is C17H20O3. The molecule has 0 heterocycles. The van der Waals surface area contributed by atoms with Crippen LogP contribution in [0.2, 0.25) is 0 Å². The first kappa shape index (κ1) is 14.4. The molecule has 0 amide bonds. The van der Waals surface area contributed by atoms with Crippen molar-refractivity contribution >= 4 is 0 Å². The lowest BCUT2D eigenvalue weighted by Gasteiger charge is -2.13. The van der Waals surface area contributed by atoms with Crippen molar-refractivity contribution in [2.75, 3.05) is 14.2 Å². The van der Waals surface area contributed by atoms with Gasteiger partial charge in [0.05, 0.1) is 20.3 Å². The molecule has 2 aromatic rings. The third-order valence-electron chi connectivity index (χ3n) is 3.36. The van der Waals surface area contributed by atoms with E-state index in [1.54, 1.807) is 14.2 Å². The van der Waals surface area contributed by atoms with Crippen molar-refractivity contribution in [1.82, 2.24) is 0 Å². The Hall–Kier alpha value is -2.00. The lowest BCUT2D eigenvalue weighted by molar-refractivity contribution is 0.167. The molecule has 1 unspecified atom stereocenters. The summed E-state index contributed by atoms with van der Waals surface area (Å²) in [6.45, 7) is 0. The highest BCUT2D eigenvalue weighted by atomic mass is 16.5. The van der Waals surface area contributed by atoms with Gasteiger partial charge in [-0.15, -0.1) is 0 Å². The highest BCUT2D eigenvalue weighted by Gasteiger charge is 2.10. The van der Waals surface area contributed by atoms with Gasteiger partial charge in [0.15, 0.2) is 0 Å². The second kappa shape index (κ2) is 6.96. The summed E-state index contributed by atoms with van der Waals surface area (Å²) in [6, 6.07) is 15.4. The standard InChI is InChI=1S/C17H20O3/c1-19-15-9-11-17(20-2)14(12-15)8-10-16(18)13-6-4-3-5-7-13/h3-7,9,11-12,16,18H,8,10H2,1-2H3. The van der Waals surface area contributed by atoms with Gasteiger partial charge in [-0.25, -0.2) is 0 Å². The molecule has 20 heavy (non-hydrogen) atoms. The van der Waals surface area contributed by atoms with Gasteiger partial charge in [-0.1, -0.05) is 30.3 Å². The SMILES string of the molecule is COc1ccc(OC)c(CCC(O)c2ccccc2)c1. The first-order valence-electron chi connectivity index (χ1n) is 6.68. The average molecular weight is 272 g/mol. The summed E-state index contributed by atoms with van der Waals surface area (Å²) in [5.74, 6) is 1.63. The molecule has 1 N–H and O–H groups in total. The van der Waals surface area contributed by atoms with Gasteiger partial charge in [-0.3, -0.25) is 0 Å². The summed E-state index contributed by atoms with van der Waals surface area (Å²) in [7, 11) is 3.29. The van der Waals surface area contributed by atoms with E-state index in [0.717, 1.165) is 29.0 Å². The number of aliphatic hydroxyl groups excluding tert-OH is 1. The zero-order valence-electron chi connectivity index (χ0n) is 11.9. The minimum absolute atomic E-state index is 0.466. The predicted molar refractivity (Wildman–Crippen MR) is 79.3 cm³/mol. The average Bonchev–Trinajstić information content (AvgIpc) is 2.53. The Morgan fingerprint density at radius 2 is 1.75 bits per heavy atom. The van der Waals surface area contributed by atoms with Crippen LogP contribution in [0.15, 0.2) is 48.5 Å². The van der Waals surface area contributed by atoms with E-state index >= 15 is 0 Å². The summed E-state index contributed by atoms with van der Waals surface area (Å²) in [6.07, 6.45) is 0.913. The third-order valence-corrected chi connectivity index (χ3v) is 3.36. The molecule has 0 saturated heterocycles. The van der Waals surface area contributed by atoms with Crippen LogP contribution in [0, 0.1) is 0 Å². The Morgan fingerprint density at radius 3 is 2.40 bits per heavy atom. The normalized spacial score (nSPS) is 11.9. The van der Waals surface area contributed by atoms with Gasteiger partial charge in [0.2, 0.25) is 0 Å². The highest BCUT2D eigenvalue weighted by Crippen LogP contribution is 2.27. The van der Waals surface area contributed by atoms with Crippen molar-refractivity contribution in [3.63, 3.8) is 0 Å². The second-order valence-electron chi connectivity index (χ2n) is 4.64. The number of rotatable bonds is 6. The Labute approximate surface area is 119 Å². The van der Waals surface area contributed by atoms with Crippen LogP contribution in [-0.4, -0.2) is 19.3 Å². The molecule has 0 aliphatic heterocycles. The van der Waals surface area contributed by atoms with Crippen molar-refractivity contribution in [3.05, 3.63) is 59.7 Å². The molecule has 0 aliphatic rings. The van der Waals surface area contributed by atoms with Gasteiger partial charge in [0.1, 0.15) is 11.5 Å². The molecule has 0 aromatic heterocycles. The number of methoxy groups -OCH3 is 2. The van der Waals surface area contributed by atoms with Crippen molar-refractivity contribution in [1.29, 1.82) is 0 Å². The first-order valence-corrected chi connectivity index (χ1v) is 6.68. The third kappa shape index (κ3) is 3.52. The highest BCUT2D eigenvalue weighted by molar-refractivity contribution is 5.40. The lowest BCUT2D eigenvalue weighted by Crippen LogP contribution is -2.01. The number of aryl methyl sites for hydroxylation is 1. The summed E-state index contributed by atoms with van der Waals surface area (Å²) in [5.41, 5.74) is 1.98. The Morgan fingerprint density at radius 1 is 1.00 bits per heavy atom. The molecule has 2 rings (SSSR count). The number of hydrogen-bond donors (Lipinski definition) is 1. The van der Waals surface area contributed by atoms with E-state index in [1.807, 2.05) is 48.5 Å². The molecule has 106 valence electrons. The molecule has 3 heteroatoms. The van der Waals surface area contributed by atoms with Crippen LogP contribution in [0.25, 0.3) is 0 Å².